The normalized spacial score (nSPS) is 22.0. The van der Waals surface area contributed by atoms with Gasteiger partial charge in [0.05, 0.1) is 13.2 Å². The van der Waals surface area contributed by atoms with Gasteiger partial charge in [-0.2, -0.15) is 0 Å². The first-order chi connectivity index (χ1) is 11.2. The number of ether oxygens (including phenoxy) is 3. The van der Waals surface area contributed by atoms with Crippen LogP contribution in [0, 0.1) is 0 Å². The average Bonchev–Trinajstić information content (AvgIpc) is 3.06. The number of methoxy groups -OCH3 is 1. The first-order valence-electron chi connectivity index (χ1n) is 7.31. The fourth-order valence-corrected chi connectivity index (χ4v) is 3.00. The van der Waals surface area contributed by atoms with Crippen LogP contribution in [0.2, 0.25) is 0 Å². The summed E-state index contributed by atoms with van der Waals surface area (Å²) in [5.41, 5.74) is 7.76. The van der Waals surface area contributed by atoms with Crippen LogP contribution in [0.5, 0.6) is 17.2 Å². The number of nitrogens with zero attached hydrogens (tertiary/aromatic N) is 1. The van der Waals surface area contributed by atoms with Crippen LogP contribution in [-0.2, 0) is 4.79 Å². The second-order valence-electron chi connectivity index (χ2n) is 5.49. The Morgan fingerprint density at radius 3 is 2.61 bits per heavy atom. The van der Waals surface area contributed by atoms with E-state index in [0.717, 1.165) is 17.0 Å². The minimum absolute atomic E-state index is 0.0992. The number of carbonyl (C=O) groups is 1. The lowest BCUT2D eigenvalue weighted by atomic mass is 9.88. The Morgan fingerprint density at radius 2 is 1.87 bits per heavy atom. The van der Waals surface area contributed by atoms with Crippen molar-refractivity contribution in [3.63, 3.8) is 0 Å². The average molecular weight is 312 g/mol. The van der Waals surface area contributed by atoms with E-state index in [4.69, 9.17) is 19.9 Å². The Kier molecular flexibility index (Phi) is 3.12. The molecular formula is C17H16N2O4. The first kappa shape index (κ1) is 13.9. The molecule has 6 heteroatoms. The number of anilines is 1. The van der Waals surface area contributed by atoms with Gasteiger partial charge in [0, 0.05) is 5.69 Å². The van der Waals surface area contributed by atoms with Gasteiger partial charge in [-0.3, -0.25) is 4.79 Å². The first-order valence-corrected chi connectivity index (χ1v) is 7.31. The lowest BCUT2D eigenvalue weighted by Gasteiger charge is -2.45. The molecule has 1 amide bonds. The molecule has 0 radical (unpaired) electrons. The molecule has 4 rings (SSSR count). The van der Waals surface area contributed by atoms with E-state index in [1.165, 1.54) is 0 Å². The predicted molar refractivity (Wildman–Crippen MR) is 83.8 cm³/mol. The van der Waals surface area contributed by atoms with Crippen LogP contribution in [0.3, 0.4) is 0 Å². The minimum Gasteiger partial charge on any atom is -0.497 e. The van der Waals surface area contributed by atoms with Crippen molar-refractivity contribution in [2.24, 2.45) is 5.73 Å². The summed E-state index contributed by atoms with van der Waals surface area (Å²) in [5, 5.41) is 0. The molecule has 0 unspecified atom stereocenters. The van der Waals surface area contributed by atoms with Gasteiger partial charge in [0.15, 0.2) is 11.5 Å². The third-order valence-electron chi connectivity index (χ3n) is 4.23. The maximum absolute atomic E-state index is 12.2. The van der Waals surface area contributed by atoms with Gasteiger partial charge in [0.1, 0.15) is 11.8 Å². The van der Waals surface area contributed by atoms with E-state index in [1.54, 1.807) is 12.0 Å². The van der Waals surface area contributed by atoms with Crippen LogP contribution in [0.15, 0.2) is 42.5 Å². The second kappa shape index (κ2) is 5.17. The van der Waals surface area contributed by atoms with Crippen LogP contribution in [-0.4, -0.2) is 25.9 Å². The van der Waals surface area contributed by atoms with E-state index in [2.05, 4.69) is 0 Å². The van der Waals surface area contributed by atoms with Crippen molar-refractivity contribution in [2.75, 3.05) is 18.8 Å². The number of rotatable bonds is 3. The molecule has 2 aromatic rings. The second-order valence-corrected chi connectivity index (χ2v) is 5.49. The van der Waals surface area contributed by atoms with Gasteiger partial charge in [0.25, 0.3) is 0 Å². The highest BCUT2D eigenvalue weighted by Gasteiger charge is 2.47. The molecule has 118 valence electrons. The van der Waals surface area contributed by atoms with E-state index in [9.17, 15) is 4.79 Å². The maximum atomic E-state index is 12.2. The molecule has 1 saturated heterocycles. The monoisotopic (exact) mass is 312 g/mol. The van der Waals surface area contributed by atoms with Crippen molar-refractivity contribution in [2.45, 2.75) is 12.1 Å². The zero-order valence-corrected chi connectivity index (χ0v) is 12.6. The Morgan fingerprint density at radius 1 is 1.13 bits per heavy atom. The van der Waals surface area contributed by atoms with E-state index in [1.807, 2.05) is 42.5 Å². The number of amides is 1. The molecule has 2 aromatic carbocycles. The van der Waals surface area contributed by atoms with E-state index < -0.39 is 6.04 Å². The van der Waals surface area contributed by atoms with Crippen molar-refractivity contribution < 1.29 is 19.0 Å². The Bertz CT molecular complexity index is 760. The molecular weight excluding hydrogens is 296 g/mol. The minimum atomic E-state index is -0.558. The molecule has 2 atom stereocenters. The number of nitrogens with two attached hydrogens (primary N) is 1. The van der Waals surface area contributed by atoms with Crippen LogP contribution >= 0.6 is 0 Å². The molecule has 2 aliphatic heterocycles. The van der Waals surface area contributed by atoms with Crippen LogP contribution in [0.4, 0.5) is 5.69 Å². The molecule has 2 aliphatic rings. The number of hydrogen-bond acceptors (Lipinski definition) is 5. The van der Waals surface area contributed by atoms with Gasteiger partial charge in [-0.15, -0.1) is 0 Å². The number of hydrogen-bond donors (Lipinski definition) is 1. The summed E-state index contributed by atoms with van der Waals surface area (Å²) in [7, 11) is 1.61. The Labute approximate surface area is 133 Å². The highest BCUT2D eigenvalue weighted by atomic mass is 16.7. The molecule has 2 N–H and O–H groups in total. The smallest absolute Gasteiger partial charge is 0.247 e. The summed E-state index contributed by atoms with van der Waals surface area (Å²) in [4.78, 5) is 13.9. The maximum Gasteiger partial charge on any atom is 0.247 e. The van der Waals surface area contributed by atoms with Gasteiger partial charge >= 0.3 is 0 Å². The molecule has 0 bridgehead atoms. The van der Waals surface area contributed by atoms with Gasteiger partial charge < -0.3 is 24.8 Å². The summed E-state index contributed by atoms with van der Waals surface area (Å²) in [6.45, 7) is 0.219. The number of fused-ring (bicyclic) bond motifs is 1. The number of benzene rings is 2. The Hall–Kier alpha value is -2.73. The zero-order valence-electron chi connectivity index (χ0n) is 12.6. The molecule has 2 heterocycles. The van der Waals surface area contributed by atoms with E-state index in [0.29, 0.717) is 11.5 Å². The van der Waals surface area contributed by atoms with Crippen molar-refractivity contribution in [3.8, 4) is 17.2 Å². The zero-order chi connectivity index (χ0) is 16.0. The summed E-state index contributed by atoms with van der Waals surface area (Å²) in [6.07, 6.45) is 0. The molecule has 0 aliphatic carbocycles. The van der Waals surface area contributed by atoms with Crippen LogP contribution < -0.4 is 24.8 Å². The molecule has 0 saturated carbocycles. The van der Waals surface area contributed by atoms with Crippen LogP contribution in [0.25, 0.3) is 0 Å². The SMILES string of the molecule is COc1ccc(N2C(=O)[C@H](N)[C@H]2c2ccc3c(c2)OCO3)cc1. The van der Waals surface area contributed by atoms with Crippen LogP contribution in [0.1, 0.15) is 11.6 Å². The molecule has 0 aromatic heterocycles. The van der Waals surface area contributed by atoms with Gasteiger partial charge in [-0.1, -0.05) is 6.07 Å². The largest absolute Gasteiger partial charge is 0.497 e. The molecule has 6 nitrogen and oxygen atoms in total. The third kappa shape index (κ3) is 2.10. The summed E-state index contributed by atoms with van der Waals surface area (Å²) < 4.78 is 15.9. The summed E-state index contributed by atoms with van der Waals surface area (Å²) in [5.74, 6) is 2.04. The highest BCUT2D eigenvalue weighted by molar-refractivity contribution is 6.05. The lowest BCUT2D eigenvalue weighted by molar-refractivity contribution is -0.126. The van der Waals surface area contributed by atoms with Crippen molar-refractivity contribution in [1.29, 1.82) is 0 Å². The summed E-state index contributed by atoms with van der Waals surface area (Å²) in [6, 6.07) is 12.2. The predicted octanol–water partition coefficient (Wildman–Crippen LogP) is 1.84. The van der Waals surface area contributed by atoms with Gasteiger partial charge in [0.2, 0.25) is 12.7 Å². The Balaban J connectivity index is 1.67. The standard InChI is InChI=1S/C17H16N2O4/c1-21-12-5-3-11(4-6-12)19-16(15(18)17(19)20)10-2-7-13-14(8-10)23-9-22-13/h2-8,15-16H,9,18H2,1H3/t15-,16-/m1/s1. The number of β-lactam (4-membered cyclic amide) rings is 1. The fraction of sp³-hybridized carbons (Fsp3) is 0.235. The molecule has 0 spiro atoms. The van der Waals surface area contributed by atoms with Gasteiger partial charge in [-0.05, 0) is 42.0 Å². The lowest BCUT2D eigenvalue weighted by Crippen LogP contribution is -2.63. The fourth-order valence-electron chi connectivity index (χ4n) is 3.00. The van der Waals surface area contributed by atoms with E-state index in [-0.39, 0.29) is 18.7 Å². The summed E-state index contributed by atoms with van der Waals surface area (Å²) >= 11 is 0. The topological polar surface area (TPSA) is 74.0 Å². The molecule has 23 heavy (non-hydrogen) atoms. The quantitative estimate of drug-likeness (QED) is 0.875. The molecule has 1 fully saturated rings. The third-order valence-corrected chi connectivity index (χ3v) is 4.23. The van der Waals surface area contributed by atoms with Gasteiger partial charge in [-0.25, -0.2) is 0 Å². The van der Waals surface area contributed by atoms with Crippen molar-refractivity contribution >= 4 is 11.6 Å². The van der Waals surface area contributed by atoms with Crippen molar-refractivity contribution in [1.82, 2.24) is 0 Å². The highest BCUT2D eigenvalue weighted by Crippen LogP contribution is 2.42. The number of carbonyl (C=O) groups excluding carboxylic acids is 1. The van der Waals surface area contributed by atoms with Crippen molar-refractivity contribution in [3.05, 3.63) is 48.0 Å². The van der Waals surface area contributed by atoms with E-state index >= 15 is 0 Å².